The fraction of sp³-hybridized carbons (Fsp3) is 0.222. The van der Waals surface area contributed by atoms with Crippen LogP contribution >= 0.6 is 24.4 Å². The van der Waals surface area contributed by atoms with Gasteiger partial charge in [-0.3, -0.25) is 0 Å². The van der Waals surface area contributed by atoms with Gasteiger partial charge in [0, 0.05) is 11.4 Å². The molecule has 2 nitrogen and oxygen atoms in total. The molecule has 0 bridgehead atoms. The summed E-state index contributed by atoms with van der Waals surface area (Å²) in [5.41, 5.74) is 4.54. The van der Waals surface area contributed by atoms with Crippen molar-refractivity contribution in [3.63, 3.8) is 0 Å². The molecule has 0 aromatic heterocycles. The topological polar surface area (TPSA) is 24.1 Å². The van der Waals surface area contributed by atoms with Gasteiger partial charge in [0.25, 0.3) is 0 Å². The minimum atomic E-state index is 0. The van der Waals surface area contributed by atoms with E-state index in [9.17, 15) is 0 Å². The minimum Gasteiger partial charge on any atom is -0.411 e. The Balaban J connectivity index is 0.000000443. The molecule has 0 spiro atoms. The summed E-state index contributed by atoms with van der Waals surface area (Å²) in [5, 5.41) is 5.94. The molecule has 0 atom stereocenters. The van der Waals surface area contributed by atoms with Gasteiger partial charge < -0.3 is 60.3 Å². The third-order valence-electron chi connectivity index (χ3n) is 3.27. The van der Waals surface area contributed by atoms with Crippen molar-refractivity contribution in [3.05, 3.63) is 59.7 Å². The van der Waals surface area contributed by atoms with Gasteiger partial charge in [-0.2, -0.15) is 0 Å². The zero-order valence-electron chi connectivity index (χ0n) is 14.0. The first-order chi connectivity index (χ1) is 11.5. The average Bonchev–Trinajstić information content (AvgIpc) is 2.55. The normalized spacial score (nSPS) is 9.04. The van der Waals surface area contributed by atoms with Crippen molar-refractivity contribution in [2.75, 3.05) is 10.6 Å². The Hall–Kier alpha value is -0.821. The van der Waals surface area contributed by atoms with E-state index in [4.69, 9.17) is 49.7 Å². The van der Waals surface area contributed by atoms with Crippen molar-refractivity contribution in [2.45, 2.75) is 26.7 Å². The first kappa shape index (κ1) is 24.2. The van der Waals surface area contributed by atoms with Crippen LogP contribution in [0, 0.1) is 0 Å². The molecule has 137 valence electrons. The number of benzene rings is 2. The van der Waals surface area contributed by atoms with Crippen molar-refractivity contribution in [1.29, 1.82) is 0 Å². The Labute approximate surface area is 182 Å². The molecule has 0 aliphatic carbocycles. The van der Waals surface area contributed by atoms with E-state index in [1.54, 1.807) is 0 Å². The molecular weight excluding hydrogens is 436 g/mol. The van der Waals surface area contributed by atoms with Crippen LogP contribution in [0.4, 0.5) is 11.4 Å². The summed E-state index contributed by atoms with van der Waals surface area (Å²) in [6.45, 7) is 4.21. The van der Waals surface area contributed by atoms with Crippen LogP contribution in [-0.4, -0.2) is 8.64 Å². The van der Waals surface area contributed by atoms with E-state index in [1.807, 2.05) is 36.4 Å². The zero-order chi connectivity index (χ0) is 17.9. The fourth-order valence-corrected chi connectivity index (χ4v) is 2.56. The van der Waals surface area contributed by atoms with Crippen LogP contribution in [0.25, 0.3) is 0 Å². The smallest absolute Gasteiger partial charge is 0.411 e. The number of aryl methyl sites for hydroxylation is 2. The predicted octanol–water partition coefficient (Wildman–Crippen LogP) is 4.98. The van der Waals surface area contributed by atoms with Crippen molar-refractivity contribution in [2.24, 2.45) is 0 Å². The molecule has 2 rings (SSSR count). The molecule has 0 saturated carbocycles. The number of hydrogen-bond acceptors (Lipinski definition) is 4. The Morgan fingerprint density at radius 1 is 0.760 bits per heavy atom. The van der Waals surface area contributed by atoms with Crippen LogP contribution in [0.3, 0.4) is 0 Å². The van der Waals surface area contributed by atoms with E-state index in [0.29, 0.717) is 8.64 Å². The molecule has 0 heterocycles. The third kappa shape index (κ3) is 9.44. The third-order valence-corrected chi connectivity index (χ3v) is 3.68. The Kier molecular flexibility index (Phi) is 13.0. The molecule has 2 N–H and O–H groups in total. The first-order valence-electron chi connectivity index (χ1n) is 7.59. The van der Waals surface area contributed by atoms with Gasteiger partial charge in [0.1, 0.15) is 0 Å². The summed E-state index contributed by atoms with van der Waals surface area (Å²) in [6, 6.07) is 16.1. The SMILES string of the molecule is CCc1ccccc1NC(=S)[S-].CCc1ccccc1NC(=S)[S-].[Cu+2]. The molecule has 0 aliphatic heterocycles. The molecule has 7 heteroatoms. The molecule has 0 saturated heterocycles. The number of para-hydroxylation sites is 2. The number of nitrogens with one attached hydrogen (secondary N) is 2. The second-order valence-corrected chi connectivity index (χ2v) is 7.00. The second kappa shape index (κ2) is 13.4. The summed E-state index contributed by atoms with van der Waals surface area (Å²) in [7, 11) is 0. The van der Waals surface area contributed by atoms with Gasteiger partial charge in [-0.15, -0.1) is 0 Å². The van der Waals surface area contributed by atoms with E-state index < -0.39 is 0 Å². The van der Waals surface area contributed by atoms with Crippen molar-refractivity contribution < 1.29 is 17.1 Å². The molecule has 0 amide bonds. The van der Waals surface area contributed by atoms with Gasteiger partial charge in [0.05, 0.1) is 0 Å². The van der Waals surface area contributed by atoms with E-state index in [-0.39, 0.29) is 17.1 Å². The maximum atomic E-state index is 4.79. The fourth-order valence-electron chi connectivity index (χ4n) is 2.12. The Morgan fingerprint density at radius 2 is 1.08 bits per heavy atom. The zero-order valence-corrected chi connectivity index (χ0v) is 18.2. The van der Waals surface area contributed by atoms with Crippen LogP contribution in [0.1, 0.15) is 25.0 Å². The summed E-state index contributed by atoms with van der Waals surface area (Å²) < 4.78 is 0.798. The van der Waals surface area contributed by atoms with Crippen LogP contribution in [0.2, 0.25) is 0 Å². The molecule has 0 aliphatic rings. The summed E-state index contributed by atoms with van der Waals surface area (Å²) >= 11 is 19.2. The standard InChI is InChI=1S/2C9H11NS2.Cu/c2*1-2-7-5-3-4-6-8(7)10-9(11)12;/h2*3-6H,2H2,1H3,(H2,10,11,12);/q;;+2/p-2. The maximum Gasteiger partial charge on any atom is 2.00 e. The van der Waals surface area contributed by atoms with Gasteiger partial charge in [-0.25, -0.2) is 0 Å². The summed E-state index contributed by atoms with van der Waals surface area (Å²) in [6.07, 6.45) is 1.97. The van der Waals surface area contributed by atoms with Gasteiger partial charge in [-0.1, -0.05) is 58.9 Å². The van der Waals surface area contributed by atoms with Crippen LogP contribution in [0.5, 0.6) is 0 Å². The molecule has 0 unspecified atom stereocenters. The van der Waals surface area contributed by atoms with Crippen LogP contribution < -0.4 is 10.6 Å². The van der Waals surface area contributed by atoms with Gasteiger partial charge in [0.2, 0.25) is 0 Å². The summed E-state index contributed by atoms with van der Waals surface area (Å²) in [4.78, 5) is 0. The average molecular weight is 456 g/mol. The number of rotatable bonds is 4. The molecule has 2 aromatic rings. The maximum absolute atomic E-state index is 4.79. The van der Waals surface area contributed by atoms with E-state index in [0.717, 1.165) is 24.2 Å². The second-order valence-electron chi connectivity index (χ2n) is 4.85. The van der Waals surface area contributed by atoms with E-state index in [1.165, 1.54) is 11.1 Å². The van der Waals surface area contributed by atoms with Gasteiger partial charge >= 0.3 is 17.1 Å². The Bertz CT molecular complexity index is 633. The summed E-state index contributed by atoms with van der Waals surface area (Å²) in [5.74, 6) is 0. The van der Waals surface area contributed by atoms with Crippen molar-refractivity contribution in [1.82, 2.24) is 0 Å². The quantitative estimate of drug-likeness (QED) is 0.383. The molecule has 0 fully saturated rings. The van der Waals surface area contributed by atoms with Gasteiger partial charge in [0.15, 0.2) is 0 Å². The molecule has 1 radical (unpaired) electrons. The Morgan fingerprint density at radius 3 is 1.36 bits per heavy atom. The number of anilines is 2. The minimum absolute atomic E-state index is 0. The first-order valence-corrected chi connectivity index (χ1v) is 9.23. The number of hydrogen-bond donors (Lipinski definition) is 2. The molecule has 2 aromatic carbocycles. The van der Waals surface area contributed by atoms with E-state index in [2.05, 4.69) is 36.6 Å². The largest absolute Gasteiger partial charge is 2.00 e. The molecule has 25 heavy (non-hydrogen) atoms. The monoisotopic (exact) mass is 455 g/mol. The van der Waals surface area contributed by atoms with Crippen molar-refractivity contribution >= 4 is 69.7 Å². The molecular formula is C18H20CuN2S4. The predicted molar refractivity (Wildman–Crippen MR) is 119 cm³/mol. The van der Waals surface area contributed by atoms with Crippen molar-refractivity contribution in [3.8, 4) is 0 Å². The van der Waals surface area contributed by atoms with E-state index >= 15 is 0 Å². The number of thiocarbonyl (C=S) groups is 2. The van der Waals surface area contributed by atoms with Gasteiger partial charge in [-0.05, 0) is 36.1 Å². The van der Waals surface area contributed by atoms with Crippen LogP contribution in [-0.2, 0) is 55.2 Å². The van der Waals surface area contributed by atoms with Crippen LogP contribution in [0.15, 0.2) is 48.5 Å².